The molecule has 1 aromatic heterocycles. The Morgan fingerprint density at radius 3 is 2.85 bits per heavy atom. The summed E-state index contributed by atoms with van der Waals surface area (Å²) in [6.45, 7) is 0.461. The van der Waals surface area contributed by atoms with E-state index in [0.717, 1.165) is 21.5 Å². The van der Waals surface area contributed by atoms with Gasteiger partial charge >= 0.3 is 0 Å². The summed E-state index contributed by atoms with van der Waals surface area (Å²) in [4.78, 5) is 4.19. The van der Waals surface area contributed by atoms with Gasteiger partial charge in [-0.15, -0.1) is 0 Å². The maximum atomic E-state index is 5.86. The van der Waals surface area contributed by atoms with Gasteiger partial charge in [0.25, 0.3) is 0 Å². The van der Waals surface area contributed by atoms with Gasteiger partial charge in [-0.3, -0.25) is 4.98 Å². The third-order valence-electron chi connectivity index (χ3n) is 1.95. The van der Waals surface area contributed by atoms with Gasteiger partial charge in [0.05, 0.1) is 5.69 Å². The number of hydrogen-bond acceptors (Lipinski definition) is 2. The van der Waals surface area contributed by atoms with E-state index in [0.29, 0.717) is 6.54 Å². The normalized spacial score (nSPS) is 10.6. The average Bonchev–Trinajstić information content (AvgIpc) is 2.16. The van der Waals surface area contributed by atoms with Crippen LogP contribution in [0.2, 0.25) is 5.02 Å². The van der Waals surface area contributed by atoms with Crippen LogP contribution in [0.5, 0.6) is 0 Å². The second-order valence-electron chi connectivity index (χ2n) is 2.87. The van der Waals surface area contributed by atoms with Crippen LogP contribution in [-0.2, 0) is 6.54 Å². The summed E-state index contributed by atoms with van der Waals surface area (Å²) < 4.78 is 0. The summed E-state index contributed by atoms with van der Waals surface area (Å²) in [5, 5.41) is 2.91. The van der Waals surface area contributed by atoms with Crippen LogP contribution in [0.1, 0.15) is 5.69 Å². The van der Waals surface area contributed by atoms with Gasteiger partial charge < -0.3 is 5.73 Å². The van der Waals surface area contributed by atoms with Crippen molar-refractivity contribution in [3.63, 3.8) is 0 Å². The van der Waals surface area contributed by atoms with Crippen LogP contribution in [0.3, 0.4) is 0 Å². The monoisotopic (exact) mass is 192 g/mol. The first-order chi connectivity index (χ1) is 6.29. The van der Waals surface area contributed by atoms with Crippen LogP contribution in [0, 0.1) is 0 Å². The fourth-order valence-electron chi connectivity index (χ4n) is 1.27. The lowest BCUT2D eigenvalue weighted by Crippen LogP contribution is -1.98. The van der Waals surface area contributed by atoms with Gasteiger partial charge in [-0.05, 0) is 23.6 Å². The quantitative estimate of drug-likeness (QED) is 0.754. The molecular weight excluding hydrogens is 184 g/mol. The van der Waals surface area contributed by atoms with Crippen LogP contribution >= 0.6 is 11.6 Å². The van der Waals surface area contributed by atoms with E-state index in [1.54, 1.807) is 0 Å². The van der Waals surface area contributed by atoms with Crippen LogP contribution in [0.25, 0.3) is 10.8 Å². The van der Waals surface area contributed by atoms with E-state index in [2.05, 4.69) is 4.98 Å². The molecule has 0 bridgehead atoms. The molecule has 0 aliphatic rings. The molecule has 0 fully saturated rings. The van der Waals surface area contributed by atoms with Crippen LogP contribution in [0.15, 0.2) is 30.5 Å². The molecule has 2 rings (SSSR count). The molecule has 1 aromatic carbocycles. The maximum absolute atomic E-state index is 5.86. The molecule has 0 unspecified atom stereocenters. The highest BCUT2D eigenvalue weighted by molar-refractivity contribution is 6.31. The number of aromatic nitrogens is 1. The Hall–Kier alpha value is -1.12. The van der Waals surface area contributed by atoms with Crippen LogP contribution in [-0.4, -0.2) is 4.98 Å². The van der Waals surface area contributed by atoms with Crippen molar-refractivity contribution in [2.75, 3.05) is 0 Å². The Morgan fingerprint density at radius 2 is 2.08 bits per heavy atom. The topological polar surface area (TPSA) is 38.9 Å². The fourth-order valence-corrected chi connectivity index (χ4v) is 1.45. The molecule has 2 N–H and O–H groups in total. The predicted molar refractivity (Wildman–Crippen MR) is 54.6 cm³/mol. The summed E-state index contributed by atoms with van der Waals surface area (Å²) in [7, 11) is 0. The molecule has 0 aliphatic heterocycles. The smallest absolute Gasteiger partial charge is 0.0545 e. The van der Waals surface area contributed by atoms with E-state index >= 15 is 0 Å². The third-order valence-corrected chi connectivity index (χ3v) is 2.18. The highest BCUT2D eigenvalue weighted by Gasteiger charge is 1.96. The Bertz CT molecular complexity index is 440. The molecule has 2 aromatic rings. The zero-order valence-electron chi connectivity index (χ0n) is 7.00. The maximum Gasteiger partial charge on any atom is 0.0545 e. The minimum Gasteiger partial charge on any atom is -0.325 e. The molecule has 0 radical (unpaired) electrons. The Balaban J connectivity index is 2.68. The van der Waals surface area contributed by atoms with E-state index in [1.807, 2.05) is 30.5 Å². The lowest BCUT2D eigenvalue weighted by atomic mass is 10.1. The summed E-state index contributed by atoms with van der Waals surface area (Å²) in [6.07, 6.45) is 1.81. The largest absolute Gasteiger partial charge is 0.325 e. The molecule has 0 atom stereocenters. The van der Waals surface area contributed by atoms with Crippen molar-refractivity contribution in [2.24, 2.45) is 5.73 Å². The minimum absolute atomic E-state index is 0.461. The Labute approximate surface area is 81.3 Å². The molecule has 0 aliphatic carbocycles. The van der Waals surface area contributed by atoms with Crippen molar-refractivity contribution in [2.45, 2.75) is 6.54 Å². The van der Waals surface area contributed by atoms with Gasteiger partial charge in [-0.25, -0.2) is 0 Å². The molecule has 0 saturated carbocycles. The lowest BCUT2D eigenvalue weighted by Gasteiger charge is -2.00. The second-order valence-corrected chi connectivity index (χ2v) is 3.31. The minimum atomic E-state index is 0.461. The first-order valence-electron chi connectivity index (χ1n) is 4.04. The molecule has 0 amide bonds. The molecular formula is C10H9ClN2. The number of benzene rings is 1. The molecule has 66 valence electrons. The summed E-state index contributed by atoms with van der Waals surface area (Å²) in [5.74, 6) is 0. The number of rotatable bonds is 1. The van der Waals surface area contributed by atoms with E-state index in [1.165, 1.54) is 0 Å². The van der Waals surface area contributed by atoms with Gasteiger partial charge in [-0.1, -0.05) is 17.7 Å². The average molecular weight is 193 g/mol. The number of hydrogen-bond donors (Lipinski definition) is 1. The van der Waals surface area contributed by atoms with Crippen molar-refractivity contribution in [3.8, 4) is 0 Å². The SMILES string of the molecule is NCc1cc2cc(Cl)ccc2cn1. The zero-order valence-corrected chi connectivity index (χ0v) is 7.75. The number of nitrogens with zero attached hydrogens (tertiary/aromatic N) is 1. The van der Waals surface area contributed by atoms with Crippen molar-refractivity contribution < 1.29 is 0 Å². The number of nitrogens with two attached hydrogens (primary N) is 1. The van der Waals surface area contributed by atoms with Gasteiger partial charge in [-0.2, -0.15) is 0 Å². The van der Waals surface area contributed by atoms with Gasteiger partial charge in [0.2, 0.25) is 0 Å². The summed E-state index contributed by atoms with van der Waals surface area (Å²) >= 11 is 5.86. The summed E-state index contributed by atoms with van der Waals surface area (Å²) in [5.41, 5.74) is 6.37. The number of pyridine rings is 1. The Kier molecular flexibility index (Phi) is 2.17. The van der Waals surface area contributed by atoms with Crippen LogP contribution in [0.4, 0.5) is 0 Å². The highest BCUT2D eigenvalue weighted by Crippen LogP contribution is 2.18. The van der Waals surface area contributed by atoms with Crippen LogP contribution < -0.4 is 5.73 Å². The van der Waals surface area contributed by atoms with E-state index in [4.69, 9.17) is 17.3 Å². The van der Waals surface area contributed by atoms with Gasteiger partial charge in [0, 0.05) is 23.2 Å². The van der Waals surface area contributed by atoms with Crippen molar-refractivity contribution >= 4 is 22.4 Å². The molecule has 13 heavy (non-hydrogen) atoms. The predicted octanol–water partition coefficient (Wildman–Crippen LogP) is 2.35. The van der Waals surface area contributed by atoms with Crippen molar-refractivity contribution in [1.82, 2.24) is 4.98 Å². The van der Waals surface area contributed by atoms with Crippen molar-refractivity contribution in [1.29, 1.82) is 0 Å². The summed E-state index contributed by atoms with van der Waals surface area (Å²) in [6, 6.07) is 7.68. The first kappa shape index (κ1) is 8.48. The molecule has 2 nitrogen and oxygen atoms in total. The number of fused-ring (bicyclic) bond motifs is 1. The van der Waals surface area contributed by atoms with E-state index < -0.39 is 0 Å². The molecule has 3 heteroatoms. The first-order valence-corrected chi connectivity index (χ1v) is 4.41. The zero-order chi connectivity index (χ0) is 9.26. The van der Waals surface area contributed by atoms with E-state index in [-0.39, 0.29) is 0 Å². The second kappa shape index (κ2) is 3.32. The highest BCUT2D eigenvalue weighted by atomic mass is 35.5. The lowest BCUT2D eigenvalue weighted by molar-refractivity contribution is 0.998. The fraction of sp³-hybridized carbons (Fsp3) is 0.100. The van der Waals surface area contributed by atoms with Gasteiger partial charge in [0.1, 0.15) is 0 Å². The third kappa shape index (κ3) is 1.64. The molecule has 0 saturated heterocycles. The molecule has 0 spiro atoms. The number of halogens is 1. The van der Waals surface area contributed by atoms with E-state index in [9.17, 15) is 0 Å². The Morgan fingerprint density at radius 1 is 1.23 bits per heavy atom. The van der Waals surface area contributed by atoms with Crippen molar-refractivity contribution in [3.05, 3.63) is 41.2 Å². The molecule has 1 heterocycles. The standard InChI is InChI=1S/C10H9ClN2/c11-9-2-1-7-6-13-10(5-12)4-8(7)3-9/h1-4,6H,5,12H2. The van der Waals surface area contributed by atoms with Gasteiger partial charge in [0.15, 0.2) is 0 Å².